The highest BCUT2D eigenvalue weighted by molar-refractivity contribution is 5.16. The van der Waals surface area contributed by atoms with Crippen molar-refractivity contribution in [2.24, 2.45) is 18.9 Å². The Morgan fingerprint density at radius 3 is 2.56 bits per heavy atom. The van der Waals surface area contributed by atoms with Gasteiger partial charge in [-0.1, -0.05) is 20.8 Å². The summed E-state index contributed by atoms with van der Waals surface area (Å²) in [6.07, 6.45) is 7.22. The number of aromatic nitrogens is 2. The maximum Gasteiger partial charge on any atom is 0.0666 e. The quantitative estimate of drug-likeness (QED) is 0.889. The Balaban J connectivity index is 1.90. The minimum absolute atomic E-state index is 0.689. The summed E-state index contributed by atoms with van der Waals surface area (Å²) in [5.41, 5.74) is 2.60. The van der Waals surface area contributed by atoms with E-state index in [2.05, 4.69) is 37.4 Å². The highest BCUT2D eigenvalue weighted by Gasteiger charge is 2.23. The summed E-state index contributed by atoms with van der Waals surface area (Å²) in [5, 5.41) is 8.23. The average molecular weight is 249 g/mol. The van der Waals surface area contributed by atoms with Crippen LogP contribution in [0.15, 0.2) is 6.20 Å². The molecule has 1 saturated carbocycles. The molecule has 2 atom stereocenters. The van der Waals surface area contributed by atoms with Crippen molar-refractivity contribution in [3.8, 4) is 0 Å². The van der Waals surface area contributed by atoms with Gasteiger partial charge in [0.2, 0.25) is 0 Å². The molecule has 0 aromatic carbocycles. The molecular formula is C15H27N3. The Morgan fingerprint density at radius 1 is 1.28 bits per heavy atom. The van der Waals surface area contributed by atoms with Crippen LogP contribution in [0.3, 0.4) is 0 Å². The SMILES string of the molecule is CCc1nn(C)cc1CNC1CC(C)CC(C)C1. The highest BCUT2D eigenvalue weighted by Crippen LogP contribution is 2.28. The normalized spacial score (nSPS) is 28.6. The molecule has 2 rings (SSSR count). The number of rotatable bonds is 4. The fraction of sp³-hybridized carbons (Fsp3) is 0.800. The second kappa shape index (κ2) is 5.87. The van der Waals surface area contributed by atoms with Crippen LogP contribution in [0.25, 0.3) is 0 Å². The summed E-state index contributed by atoms with van der Waals surface area (Å²) in [4.78, 5) is 0. The van der Waals surface area contributed by atoms with Gasteiger partial charge in [0, 0.05) is 31.4 Å². The van der Waals surface area contributed by atoms with Crippen molar-refractivity contribution in [2.75, 3.05) is 0 Å². The fourth-order valence-electron chi connectivity index (χ4n) is 3.40. The first-order valence-electron chi connectivity index (χ1n) is 7.33. The lowest BCUT2D eigenvalue weighted by molar-refractivity contribution is 0.238. The lowest BCUT2D eigenvalue weighted by Gasteiger charge is -2.32. The Hall–Kier alpha value is -0.830. The van der Waals surface area contributed by atoms with Crippen LogP contribution >= 0.6 is 0 Å². The topological polar surface area (TPSA) is 29.9 Å². The third-order valence-corrected chi connectivity index (χ3v) is 4.09. The van der Waals surface area contributed by atoms with Gasteiger partial charge in [0.05, 0.1) is 5.69 Å². The third kappa shape index (κ3) is 3.35. The smallest absolute Gasteiger partial charge is 0.0666 e. The molecular weight excluding hydrogens is 222 g/mol. The van der Waals surface area contributed by atoms with Gasteiger partial charge in [-0.2, -0.15) is 5.10 Å². The summed E-state index contributed by atoms with van der Waals surface area (Å²) in [7, 11) is 2.01. The maximum absolute atomic E-state index is 4.50. The number of hydrogen-bond acceptors (Lipinski definition) is 2. The second-order valence-corrected chi connectivity index (χ2v) is 6.12. The van der Waals surface area contributed by atoms with Crippen molar-refractivity contribution in [2.45, 2.75) is 59.0 Å². The first-order chi connectivity index (χ1) is 8.58. The zero-order chi connectivity index (χ0) is 13.1. The van der Waals surface area contributed by atoms with E-state index in [9.17, 15) is 0 Å². The van der Waals surface area contributed by atoms with Gasteiger partial charge in [-0.15, -0.1) is 0 Å². The Labute approximate surface area is 111 Å². The molecule has 102 valence electrons. The van der Waals surface area contributed by atoms with Gasteiger partial charge in [0.25, 0.3) is 0 Å². The van der Waals surface area contributed by atoms with Crippen molar-refractivity contribution in [1.82, 2.24) is 15.1 Å². The largest absolute Gasteiger partial charge is 0.310 e. The molecule has 18 heavy (non-hydrogen) atoms. The van der Waals surface area contributed by atoms with Crippen molar-refractivity contribution in [3.05, 3.63) is 17.5 Å². The molecule has 1 aliphatic carbocycles. The molecule has 1 aromatic heterocycles. The minimum Gasteiger partial charge on any atom is -0.310 e. The second-order valence-electron chi connectivity index (χ2n) is 6.12. The van der Waals surface area contributed by atoms with Crippen molar-refractivity contribution in [1.29, 1.82) is 0 Å². The summed E-state index contributed by atoms with van der Waals surface area (Å²) in [6.45, 7) is 7.91. The molecule has 1 fully saturated rings. The lowest BCUT2D eigenvalue weighted by Crippen LogP contribution is -2.36. The summed E-state index contributed by atoms with van der Waals surface area (Å²) < 4.78 is 1.93. The maximum atomic E-state index is 4.50. The number of nitrogens with one attached hydrogen (secondary N) is 1. The standard InChI is InChI=1S/C15H27N3/c1-5-15-13(10-18(4)17-15)9-16-14-7-11(2)6-12(3)8-14/h10-12,14,16H,5-9H2,1-4H3. The van der Waals surface area contributed by atoms with E-state index >= 15 is 0 Å². The molecule has 1 aromatic rings. The van der Waals surface area contributed by atoms with Crippen LogP contribution < -0.4 is 5.32 Å². The van der Waals surface area contributed by atoms with Crippen LogP contribution in [0.1, 0.15) is 51.3 Å². The van der Waals surface area contributed by atoms with Gasteiger partial charge in [-0.05, 0) is 37.5 Å². The Kier molecular flexibility index (Phi) is 4.44. The van der Waals surface area contributed by atoms with E-state index in [0.29, 0.717) is 6.04 Å². The van der Waals surface area contributed by atoms with E-state index in [-0.39, 0.29) is 0 Å². The van der Waals surface area contributed by atoms with Gasteiger partial charge < -0.3 is 5.32 Å². The molecule has 0 bridgehead atoms. The van der Waals surface area contributed by atoms with E-state index in [1.807, 2.05) is 11.7 Å². The third-order valence-electron chi connectivity index (χ3n) is 4.09. The highest BCUT2D eigenvalue weighted by atomic mass is 15.3. The van der Waals surface area contributed by atoms with Crippen molar-refractivity contribution >= 4 is 0 Å². The zero-order valence-corrected chi connectivity index (χ0v) is 12.2. The Morgan fingerprint density at radius 2 is 1.94 bits per heavy atom. The van der Waals surface area contributed by atoms with Crippen LogP contribution in [0.4, 0.5) is 0 Å². The van der Waals surface area contributed by atoms with Crippen LogP contribution in [0, 0.1) is 11.8 Å². The predicted octanol–water partition coefficient (Wildman–Crippen LogP) is 2.90. The lowest BCUT2D eigenvalue weighted by atomic mass is 9.80. The van der Waals surface area contributed by atoms with Gasteiger partial charge in [-0.3, -0.25) is 4.68 Å². The number of aryl methyl sites for hydroxylation is 2. The van der Waals surface area contributed by atoms with E-state index in [4.69, 9.17) is 0 Å². The average Bonchev–Trinajstić information content (AvgIpc) is 2.66. The van der Waals surface area contributed by atoms with Crippen LogP contribution in [0.2, 0.25) is 0 Å². The molecule has 2 unspecified atom stereocenters. The monoisotopic (exact) mass is 249 g/mol. The van der Waals surface area contributed by atoms with E-state index in [1.54, 1.807) is 0 Å². The molecule has 0 spiro atoms. The molecule has 1 aliphatic rings. The first kappa shape index (κ1) is 13.6. The van der Waals surface area contributed by atoms with E-state index in [1.165, 1.54) is 30.5 Å². The van der Waals surface area contributed by atoms with Gasteiger partial charge in [0.1, 0.15) is 0 Å². The molecule has 0 amide bonds. The number of nitrogens with zero attached hydrogens (tertiary/aromatic N) is 2. The van der Waals surface area contributed by atoms with E-state index in [0.717, 1.165) is 24.8 Å². The molecule has 3 heteroatoms. The molecule has 1 N–H and O–H groups in total. The van der Waals surface area contributed by atoms with Crippen LogP contribution in [0.5, 0.6) is 0 Å². The van der Waals surface area contributed by atoms with Gasteiger partial charge in [0.15, 0.2) is 0 Å². The fourth-order valence-corrected chi connectivity index (χ4v) is 3.40. The molecule has 1 heterocycles. The summed E-state index contributed by atoms with van der Waals surface area (Å²) >= 11 is 0. The van der Waals surface area contributed by atoms with Crippen LogP contribution in [-0.2, 0) is 20.0 Å². The predicted molar refractivity (Wildman–Crippen MR) is 75.4 cm³/mol. The Bertz CT molecular complexity index is 373. The first-order valence-corrected chi connectivity index (χ1v) is 7.33. The van der Waals surface area contributed by atoms with Crippen LogP contribution in [-0.4, -0.2) is 15.8 Å². The molecule has 3 nitrogen and oxygen atoms in total. The summed E-state index contributed by atoms with van der Waals surface area (Å²) in [5.74, 6) is 1.73. The minimum atomic E-state index is 0.689. The number of hydrogen-bond donors (Lipinski definition) is 1. The van der Waals surface area contributed by atoms with Gasteiger partial charge in [-0.25, -0.2) is 0 Å². The molecule has 0 aliphatic heterocycles. The van der Waals surface area contributed by atoms with Gasteiger partial charge >= 0.3 is 0 Å². The van der Waals surface area contributed by atoms with E-state index < -0.39 is 0 Å². The van der Waals surface area contributed by atoms with Crippen molar-refractivity contribution in [3.63, 3.8) is 0 Å². The molecule has 0 saturated heterocycles. The summed E-state index contributed by atoms with van der Waals surface area (Å²) in [6, 6.07) is 0.689. The molecule has 0 radical (unpaired) electrons. The van der Waals surface area contributed by atoms with Crippen molar-refractivity contribution < 1.29 is 0 Å². The zero-order valence-electron chi connectivity index (χ0n) is 12.2.